The average molecular weight is 414 g/mol. The summed E-state index contributed by atoms with van der Waals surface area (Å²) in [6.45, 7) is 3.91. The highest BCUT2D eigenvalue weighted by molar-refractivity contribution is 6.33. The number of halogens is 1. The largest absolute Gasteiger partial charge is 0.492 e. The summed E-state index contributed by atoms with van der Waals surface area (Å²) in [6, 6.07) is 14.0. The SMILES string of the molecule is CCOc1ccccc1NC(=O)c1nnn(CC(=O)Nc2ccccc2Cl)c1C. The molecule has 150 valence electrons. The molecule has 0 fully saturated rings. The number of hydrogen-bond donors (Lipinski definition) is 2. The van der Waals surface area contributed by atoms with Gasteiger partial charge in [-0.15, -0.1) is 5.10 Å². The number of anilines is 2. The molecule has 0 aliphatic carbocycles. The first-order chi connectivity index (χ1) is 14.0. The zero-order valence-corrected chi connectivity index (χ0v) is 16.7. The third-order valence-electron chi connectivity index (χ3n) is 4.07. The molecule has 0 radical (unpaired) electrons. The minimum absolute atomic E-state index is 0.104. The molecule has 2 amide bonds. The molecular formula is C20H20ClN5O3. The van der Waals surface area contributed by atoms with E-state index in [1.54, 1.807) is 49.4 Å². The van der Waals surface area contributed by atoms with Crippen LogP contribution in [0.15, 0.2) is 48.5 Å². The van der Waals surface area contributed by atoms with Gasteiger partial charge < -0.3 is 15.4 Å². The fourth-order valence-electron chi connectivity index (χ4n) is 2.64. The Bertz CT molecular complexity index is 1030. The minimum Gasteiger partial charge on any atom is -0.492 e. The number of nitrogens with one attached hydrogen (secondary N) is 2. The van der Waals surface area contributed by atoms with E-state index >= 15 is 0 Å². The molecule has 0 aliphatic heterocycles. The summed E-state index contributed by atoms with van der Waals surface area (Å²) in [4.78, 5) is 24.9. The Labute approximate surface area is 172 Å². The molecule has 3 aromatic rings. The molecule has 0 spiro atoms. The van der Waals surface area contributed by atoms with Crippen LogP contribution < -0.4 is 15.4 Å². The van der Waals surface area contributed by atoms with Crippen LogP contribution in [0, 0.1) is 6.92 Å². The van der Waals surface area contributed by atoms with Gasteiger partial charge in [-0.25, -0.2) is 4.68 Å². The standard InChI is InChI=1S/C20H20ClN5O3/c1-3-29-17-11-7-6-10-16(17)23-20(28)19-13(2)26(25-24-19)12-18(27)22-15-9-5-4-8-14(15)21/h4-11H,3,12H2,1-2H3,(H,22,27)(H,23,28). The predicted octanol–water partition coefficient (Wildman–Crippen LogP) is 3.53. The van der Waals surface area contributed by atoms with E-state index in [1.807, 2.05) is 13.0 Å². The Morgan fingerprint density at radius 3 is 2.48 bits per heavy atom. The quantitative estimate of drug-likeness (QED) is 0.617. The lowest BCUT2D eigenvalue weighted by Gasteiger charge is -2.10. The van der Waals surface area contributed by atoms with Gasteiger partial charge in [0.2, 0.25) is 5.91 Å². The molecule has 2 N–H and O–H groups in total. The minimum atomic E-state index is -0.438. The number of benzene rings is 2. The van der Waals surface area contributed by atoms with Crippen molar-refractivity contribution in [3.05, 3.63) is 64.9 Å². The second-order valence-electron chi connectivity index (χ2n) is 6.09. The van der Waals surface area contributed by atoms with E-state index in [9.17, 15) is 9.59 Å². The van der Waals surface area contributed by atoms with E-state index in [1.165, 1.54) is 4.68 Å². The highest BCUT2D eigenvalue weighted by Gasteiger charge is 2.19. The van der Waals surface area contributed by atoms with Crippen molar-refractivity contribution in [2.75, 3.05) is 17.2 Å². The molecule has 1 heterocycles. The predicted molar refractivity (Wildman–Crippen MR) is 110 cm³/mol. The second kappa shape index (κ2) is 9.20. The number of nitrogens with zero attached hydrogens (tertiary/aromatic N) is 3. The molecule has 8 nitrogen and oxygen atoms in total. The van der Waals surface area contributed by atoms with Gasteiger partial charge >= 0.3 is 0 Å². The Balaban J connectivity index is 1.70. The number of carbonyl (C=O) groups is 2. The number of rotatable bonds is 7. The second-order valence-corrected chi connectivity index (χ2v) is 6.50. The lowest BCUT2D eigenvalue weighted by molar-refractivity contribution is -0.117. The summed E-state index contributed by atoms with van der Waals surface area (Å²) in [5.41, 5.74) is 1.62. The monoisotopic (exact) mass is 413 g/mol. The summed E-state index contributed by atoms with van der Waals surface area (Å²) in [5, 5.41) is 13.8. The Hall–Kier alpha value is -3.39. The Kier molecular flexibility index (Phi) is 6.46. The number of aromatic nitrogens is 3. The van der Waals surface area contributed by atoms with Crippen molar-refractivity contribution in [3.63, 3.8) is 0 Å². The van der Waals surface area contributed by atoms with Crippen molar-refractivity contribution in [2.45, 2.75) is 20.4 Å². The maximum absolute atomic E-state index is 12.6. The molecule has 0 unspecified atom stereocenters. The van der Waals surface area contributed by atoms with E-state index in [4.69, 9.17) is 16.3 Å². The van der Waals surface area contributed by atoms with Crippen LogP contribution in [0.1, 0.15) is 23.1 Å². The number of carbonyl (C=O) groups excluding carboxylic acids is 2. The van der Waals surface area contributed by atoms with Crippen LogP contribution in [0.4, 0.5) is 11.4 Å². The van der Waals surface area contributed by atoms with Crippen LogP contribution in [-0.2, 0) is 11.3 Å². The number of amides is 2. The van der Waals surface area contributed by atoms with Crippen LogP contribution in [0.2, 0.25) is 5.02 Å². The molecule has 0 atom stereocenters. The van der Waals surface area contributed by atoms with Crippen molar-refractivity contribution >= 4 is 34.8 Å². The fraction of sp³-hybridized carbons (Fsp3) is 0.200. The maximum Gasteiger partial charge on any atom is 0.278 e. The van der Waals surface area contributed by atoms with E-state index in [0.717, 1.165) is 0 Å². The molecule has 3 rings (SSSR count). The van der Waals surface area contributed by atoms with Crippen LogP contribution in [0.5, 0.6) is 5.75 Å². The maximum atomic E-state index is 12.6. The third-order valence-corrected chi connectivity index (χ3v) is 4.40. The van der Waals surface area contributed by atoms with Gasteiger partial charge in [0.25, 0.3) is 5.91 Å². The van der Waals surface area contributed by atoms with Gasteiger partial charge in [0.1, 0.15) is 12.3 Å². The number of ether oxygens (including phenoxy) is 1. The van der Waals surface area contributed by atoms with Crippen molar-refractivity contribution < 1.29 is 14.3 Å². The first kappa shape index (κ1) is 20.3. The van der Waals surface area contributed by atoms with Gasteiger partial charge in [0, 0.05) is 0 Å². The Morgan fingerprint density at radius 2 is 1.76 bits per heavy atom. The third kappa shape index (κ3) is 4.91. The van der Waals surface area contributed by atoms with E-state index in [-0.39, 0.29) is 18.1 Å². The molecule has 29 heavy (non-hydrogen) atoms. The lowest BCUT2D eigenvalue weighted by Crippen LogP contribution is -2.21. The van der Waals surface area contributed by atoms with Gasteiger partial charge in [0.05, 0.1) is 28.7 Å². The van der Waals surface area contributed by atoms with E-state index in [0.29, 0.717) is 34.4 Å². The normalized spacial score (nSPS) is 10.4. The molecule has 9 heteroatoms. The molecule has 0 aliphatic rings. The highest BCUT2D eigenvalue weighted by atomic mass is 35.5. The summed E-state index contributed by atoms with van der Waals surface area (Å²) in [6.07, 6.45) is 0. The van der Waals surface area contributed by atoms with Crippen molar-refractivity contribution in [2.24, 2.45) is 0 Å². The van der Waals surface area contributed by atoms with Gasteiger partial charge in [-0.2, -0.15) is 0 Å². The van der Waals surface area contributed by atoms with Crippen molar-refractivity contribution in [1.82, 2.24) is 15.0 Å². The molecular weight excluding hydrogens is 394 g/mol. The van der Waals surface area contributed by atoms with Gasteiger partial charge in [-0.05, 0) is 38.1 Å². The van der Waals surface area contributed by atoms with Crippen molar-refractivity contribution in [1.29, 1.82) is 0 Å². The Morgan fingerprint density at radius 1 is 1.07 bits per heavy atom. The van der Waals surface area contributed by atoms with Gasteiger partial charge in [0.15, 0.2) is 5.69 Å². The molecule has 1 aromatic heterocycles. The number of hydrogen-bond acceptors (Lipinski definition) is 5. The van der Waals surface area contributed by atoms with Gasteiger partial charge in [-0.1, -0.05) is 41.1 Å². The zero-order chi connectivity index (χ0) is 20.8. The topological polar surface area (TPSA) is 98.1 Å². The molecule has 0 saturated heterocycles. The summed E-state index contributed by atoms with van der Waals surface area (Å²) < 4.78 is 6.87. The smallest absolute Gasteiger partial charge is 0.278 e. The lowest BCUT2D eigenvalue weighted by atomic mass is 10.2. The van der Waals surface area contributed by atoms with Crippen LogP contribution in [0.25, 0.3) is 0 Å². The van der Waals surface area contributed by atoms with E-state index < -0.39 is 5.91 Å². The highest BCUT2D eigenvalue weighted by Crippen LogP contribution is 2.24. The van der Waals surface area contributed by atoms with Crippen LogP contribution >= 0.6 is 11.6 Å². The van der Waals surface area contributed by atoms with Crippen molar-refractivity contribution in [3.8, 4) is 5.75 Å². The first-order valence-electron chi connectivity index (χ1n) is 8.97. The number of para-hydroxylation sites is 3. The van der Waals surface area contributed by atoms with Crippen LogP contribution in [-0.4, -0.2) is 33.4 Å². The molecule has 0 bridgehead atoms. The zero-order valence-electron chi connectivity index (χ0n) is 16.0. The molecule has 2 aromatic carbocycles. The average Bonchev–Trinajstić information content (AvgIpc) is 3.06. The van der Waals surface area contributed by atoms with Gasteiger partial charge in [-0.3, -0.25) is 9.59 Å². The first-order valence-corrected chi connectivity index (χ1v) is 9.35. The van der Waals surface area contributed by atoms with Crippen LogP contribution in [0.3, 0.4) is 0 Å². The summed E-state index contributed by atoms with van der Waals surface area (Å²) in [5.74, 6) is -0.209. The fourth-order valence-corrected chi connectivity index (χ4v) is 2.82. The summed E-state index contributed by atoms with van der Waals surface area (Å²) in [7, 11) is 0. The molecule has 0 saturated carbocycles. The summed E-state index contributed by atoms with van der Waals surface area (Å²) >= 11 is 6.05. The van der Waals surface area contributed by atoms with E-state index in [2.05, 4.69) is 20.9 Å².